The zero-order valence-electron chi connectivity index (χ0n) is 15.0. The molecule has 4 rings (SSSR count). The Kier molecular flexibility index (Phi) is 4.36. The second-order valence-electron chi connectivity index (χ2n) is 7.76. The molecule has 4 atom stereocenters. The molecule has 4 unspecified atom stereocenters. The van der Waals surface area contributed by atoms with Gasteiger partial charge in [-0.2, -0.15) is 0 Å². The highest BCUT2D eigenvalue weighted by molar-refractivity contribution is 5.85. The topological polar surface area (TPSA) is 51.2 Å². The number of carbonyl (C=O) groups is 1. The van der Waals surface area contributed by atoms with Gasteiger partial charge in [-0.15, -0.1) is 0 Å². The second kappa shape index (κ2) is 6.66. The first-order valence-corrected chi connectivity index (χ1v) is 9.38. The Hall–Kier alpha value is -2.10. The SMILES string of the molecule is Cc1ccc2cccc(OCC(=O)NC(C)C3CC4CCC3C4)c2n1. The Morgan fingerprint density at radius 2 is 2.16 bits per heavy atom. The van der Waals surface area contributed by atoms with Crippen molar-refractivity contribution in [2.75, 3.05) is 6.61 Å². The van der Waals surface area contributed by atoms with Gasteiger partial charge >= 0.3 is 0 Å². The first-order chi connectivity index (χ1) is 12.1. The van der Waals surface area contributed by atoms with Crippen molar-refractivity contribution in [3.63, 3.8) is 0 Å². The number of nitrogens with one attached hydrogen (secondary N) is 1. The number of rotatable bonds is 5. The summed E-state index contributed by atoms with van der Waals surface area (Å²) in [5.41, 5.74) is 1.76. The summed E-state index contributed by atoms with van der Waals surface area (Å²) in [7, 11) is 0. The summed E-state index contributed by atoms with van der Waals surface area (Å²) in [6.07, 6.45) is 5.37. The van der Waals surface area contributed by atoms with Gasteiger partial charge in [0.1, 0.15) is 11.3 Å². The maximum absolute atomic E-state index is 12.3. The van der Waals surface area contributed by atoms with Crippen LogP contribution >= 0.6 is 0 Å². The van der Waals surface area contributed by atoms with E-state index in [0.29, 0.717) is 11.7 Å². The quantitative estimate of drug-likeness (QED) is 0.900. The molecular weight excluding hydrogens is 312 g/mol. The van der Waals surface area contributed by atoms with Crippen molar-refractivity contribution in [3.05, 3.63) is 36.0 Å². The van der Waals surface area contributed by atoms with Crippen LogP contribution in [0.3, 0.4) is 0 Å². The number of amides is 1. The predicted octanol–water partition coefficient (Wildman–Crippen LogP) is 3.86. The number of pyridine rings is 1. The second-order valence-corrected chi connectivity index (χ2v) is 7.76. The van der Waals surface area contributed by atoms with Crippen molar-refractivity contribution in [2.24, 2.45) is 17.8 Å². The van der Waals surface area contributed by atoms with E-state index in [1.807, 2.05) is 37.3 Å². The van der Waals surface area contributed by atoms with Gasteiger partial charge in [0.15, 0.2) is 6.61 Å². The lowest BCUT2D eigenvalue weighted by atomic mass is 9.84. The summed E-state index contributed by atoms with van der Waals surface area (Å²) in [5, 5.41) is 4.18. The predicted molar refractivity (Wildman–Crippen MR) is 98.5 cm³/mol. The molecule has 1 heterocycles. The number of nitrogens with zero attached hydrogens (tertiary/aromatic N) is 1. The lowest BCUT2D eigenvalue weighted by Gasteiger charge is -2.28. The number of fused-ring (bicyclic) bond motifs is 3. The van der Waals surface area contributed by atoms with Gasteiger partial charge in [0.2, 0.25) is 0 Å². The molecule has 1 aromatic heterocycles. The molecule has 2 aromatic rings. The maximum Gasteiger partial charge on any atom is 0.258 e. The molecule has 4 heteroatoms. The van der Waals surface area contributed by atoms with Crippen LogP contribution in [0, 0.1) is 24.7 Å². The van der Waals surface area contributed by atoms with E-state index in [1.54, 1.807) is 0 Å². The number of hydrogen-bond acceptors (Lipinski definition) is 3. The Balaban J connectivity index is 1.37. The molecule has 0 spiro atoms. The molecule has 2 saturated carbocycles. The number of ether oxygens (including phenoxy) is 1. The van der Waals surface area contributed by atoms with Crippen molar-refractivity contribution in [1.29, 1.82) is 0 Å². The van der Waals surface area contributed by atoms with Crippen LogP contribution in [0.25, 0.3) is 10.9 Å². The number of para-hydroxylation sites is 1. The highest BCUT2D eigenvalue weighted by Crippen LogP contribution is 2.49. The normalized spacial score (nSPS) is 25.9. The van der Waals surface area contributed by atoms with Gasteiger partial charge in [0.25, 0.3) is 5.91 Å². The number of benzene rings is 1. The molecule has 0 radical (unpaired) electrons. The van der Waals surface area contributed by atoms with Crippen molar-refractivity contribution in [1.82, 2.24) is 10.3 Å². The minimum Gasteiger partial charge on any atom is -0.481 e. The van der Waals surface area contributed by atoms with Gasteiger partial charge < -0.3 is 10.1 Å². The summed E-state index contributed by atoms with van der Waals surface area (Å²) in [6.45, 7) is 4.14. The molecule has 4 nitrogen and oxygen atoms in total. The van der Waals surface area contributed by atoms with Crippen LogP contribution in [-0.2, 0) is 4.79 Å². The summed E-state index contributed by atoms with van der Waals surface area (Å²) in [5.74, 6) is 2.98. The number of aromatic nitrogens is 1. The fourth-order valence-electron chi connectivity index (χ4n) is 4.79. The summed E-state index contributed by atoms with van der Waals surface area (Å²) in [6, 6.07) is 10.1. The van der Waals surface area contributed by atoms with Crippen LogP contribution in [0.2, 0.25) is 0 Å². The average molecular weight is 338 g/mol. The first kappa shape index (κ1) is 16.4. The van der Waals surface area contributed by atoms with Crippen LogP contribution in [0.15, 0.2) is 30.3 Å². The fraction of sp³-hybridized carbons (Fsp3) is 0.524. The third-order valence-corrected chi connectivity index (χ3v) is 6.00. The first-order valence-electron chi connectivity index (χ1n) is 9.38. The van der Waals surface area contributed by atoms with E-state index in [-0.39, 0.29) is 18.6 Å². The molecule has 0 aliphatic heterocycles. The van der Waals surface area contributed by atoms with Gasteiger partial charge in [-0.05, 0) is 63.0 Å². The van der Waals surface area contributed by atoms with E-state index < -0.39 is 0 Å². The molecule has 1 N–H and O–H groups in total. The summed E-state index contributed by atoms with van der Waals surface area (Å²) in [4.78, 5) is 16.9. The standard InChI is InChI=1S/C21H26N2O2/c1-13-6-8-16-4-3-5-19(21(16)22-13)25-12-20(24)23-14(2)18-11-15-7-9-17(18)10-15/h3-6,8,14-15,17-18H,7,9-12H2,1-2H3,(H,23,24). The van der Waals surface area contributed by atoms with Gasteiger partial charge in [-0.3, -0.25) is 4.79 Å². The third-order valence-electron chi connectivity index (χ3n) is 6.00. The fourth-order valence-corrected chi connectivity index (χ4v) is 4.79. The summed E-state index contributed by atoms with van der Waals surface area (Å²) < 4.78 is 5.79. The zero-order valence-corrected chi connectivity index (χ0v) is 15.0. The van der Waals surface area contributed by atoms with Gasteiger partial charge in [-0.25, -0.2) is 4.98 Å². The molecule has 2 aliphatic carbocycles. The Morgan fingerprint density at radius 3 is 2.92 bits per heavy atom. The van der Waals surface area contributed by atoms with Crippen LogP contribution in [0.1, 0.15) is 38.3 Å². The Morgan fingerprint density at radius 1 is 1.28 bits per heavy atom. The molecule has 0 saturated heterocycles. The van der Waals surface area contributed by atoms with Crippen molar-refractivity contribution in [2.45, 2.75) is 45.6 Å². The van der Waals surface area contributed by atoms with E-state index in [9.17, 15) is 4.79 Å². The molecular formula is C21H26N2O2. The van der Waals surface area contributed by atoms with E-state index in [0.717, 1.165) is 28.4 Å². The minimum atomic E-state index is -0.0417. The molecule has 2 bridgehead atoms. The molecule has 1 amide bonds. The van der Waals surface area contributed by atoms with Crippen LogP contribution in [-0.4, -0.2) is 23.5 Å². The number of carbonyl (C=O) groups excluding carboxylic acids is 1. The Labute approximate surface area is 149 Å². The number of hydrogen-bond donors (Lipinski definition) is 1. The smallest absolute Gasteiger partial charge is 0.258 e. The van der Waals surface area contributed by atoms with E-state index in [1.165, 1.54) is 25.7 Å². The highest BCUT2D eigenvalue weighted by Gasteiger charge is 2.42. The Bertz CT molecular complexity index is 789. The van der Waals surface area contributed by atoms with Crippen molar-refractivity contribution >= 4 is 16.8 Å². The average Bonchev–Trinajstić information content (AvgIpc) is 3.23. The molecule has 25 heavy (non-hydrogen) atoms. The molecule has 132 valence electrons. The molecule has 2 fully saturated rings. The van der Waals surface area contributed by atoms with E-state index >= 15 is 0 Å². The monoisotopic (exact) mass is 338 g/mol. The molecule has 1 aromatic carbocycles. The van der Waals surface area contributed by atoms with Gasteiger partial charge in [0, 0.05) is 17.1 Å². The third kappa shape index (κ3) is 3.35. The van der Waals surface area contributed by atoms with Crippen LogP contribution in [0.4, 0.5) is 0 Å². The minimum absolute atomic E-state index is 0.0416. The van der Waals surface area contributed by atoms with Crippen molar-refractivity contribution < 1.29 is 9.53 Å². The lowest BCUT2D eigenvalue weighted by molar-refractivity contribution is -0.124. The van der Waals surface area contributed by atoms with E-state index in [4.69, 9.17) is 4.74 Å². The highest BCUT2D eigenvalue weighted by atomic mass is 16.5. The maximum atomic E-state index is 12.3. The summed E-state index contributed by atoms with van der Waals surface area (Å²) >= 11 is 0. The zero-order chi connectivity index (χ0) is 17.4. The number of aryl methyl sites for hydroxylation is 1. The van der Waals surface area contributed by atoms with E-state index in [2.05, 4.69) is 17.2 Å². The van der Waals surface area contributed by atoms with Gasteiger partial charge in [0.05, 0.1) is 0 Å². The molecule has 2 aliphatic rings. The van der Waals surface area contributed by atoms with Crippen LogP contribution in [0.5, 0.6) is 5.75 Å². The van der Waals surface area contributed by atoms with Crippen LogP contribution < -0.4 is 10.1 Å². The van der Waals surface area contributed by atoms with Gasteiger partial charge in [-0.1, -0.05) is 24.6 Å². The van der Waals surface area contributed by atoms with Crippen molar-refractivity contribution in [3.8, 4) is 5.75 Å². The largest absolute Gasteiger partial charge is 0.481 e. The lowest BCUT2D eigenvalue weighted by Crippen LogP contribution is -2.42.